The second kappa shape index (κ2) is 4.86. The van der Waals surface area contributed by atoms with Crippen molar-refractivity contribution in [3.05, 3.63) is 34.9 Å². The highest BCUT2D eigenvalue weighted by atomic mass is 16.7. The summed E-state index contributed by atoms with van der Waals surface area (Å²) in [5.41, 5.74) is 3.77. The lowest BCUT2D eigenvalue weighted by Crippen LogP contribution is -2.58. The molecule has 0 radical (unpaired) electrons. The van der Waals surface area contributed by atoms with Gasteiger partial charge in [-0.15, -0.1) is 0 Å². The number of carbonyl (C=O) groups excluding carboxylic acids is 1. The van der Waals surface area contributed by atoms with Crippen molar-refractivity contribution >= 4 is 5.78 Å². The minimum atomic E-state index is -1.23. The predicted octanol–water partition coefficient (Wildman–Crippen LogP) is 2.52. The Morgan fingerprint density at radius 1 is 1.36 bits per heavy atom. The van der Waals surface area contributed by atoms with Gasteiger partial charge in [-0.3, -0.25) is 9.69 Å². The van der Waals surface area contributed by atoms with Gasteiger partial charge in [0.2, 0.25) is 5.78 Å². The molecule has 1 spiro atoms. The molecule has 5 rings (SSSR count). The number of carbonyl (C=O) groups is 1. The van der Waals surface area contributed by atoms with E-state index in [2.05, 4.69) is 24.1 Å². The summed E-state index contributed by atoms with van der Waals surface area (Å²) in [7, 11) is 5.42. The molecule has 25 heavy (non-hydrogen) atoms. The molecule has 132 valence electrons. The summed E-state index contributed by atoms with van der Waals surface area (Å²) >= 11 is 0. The third-order valence-corrected chi connectivity index (χ3v) is 6.63. The van der Waals surface area contributed by atoms with Gasteiger partial charge in [-0.25, -0.2) is 0 Å². The number of likely N-dealkylation sites (N-methyl/N-ethyl adjacent to an activating group) is 1. The summed E-state index contributed by atoms with van der Waals surface area (Å²) < 4.78 is 17.6. The SMILES string of the molecule is COc1cc2c3c4c1O[C@]1(OC)C[C@]4(C=CC1=O)CC[C@H]3N(C)CC2. The van der Waals surface area contributed by atoms with Crippen LogP contribution in [0.25, 0.3) is 0 Å². The van der Waals surface area contributed by atoms with E-state index < -0.39 is 5.79 Å². The highest BCUT2D eigenvalue weighted by molar-refractivity contribution is 5.98. The van der Waals surface area contributed by atoms with Crippen LogP contribution in [0.15, 0.2) is 18.2 Å². The van der Waals surface area contributed by atoms with Crippen LogP contribution in [-0.2, 0) is 21.4 Å². The molecule has 2 bridgehead atoms. The molecule has 0 amide bonds. The number of rotatable bonds is 2. The van der Waals surface area contributed by atoms with Crippen LogP contribution in [0.2, 0.25) is 0 Å². The maximum atomic E-state index is 12.6. The number of fused-ring (bicyclic) bond motifs is 1. The number of allylic oxidation sites excluding steroid dienone is 1. The number of benzene rings is 1. The Balaban J connectivity index is 1.85. The lowest BCUT2D eigenvalue weighted by molar-refractivity contribution is -0.194. The first kappa shape index (κ1) is 15.4. The predicted molar refractivity (Wildman–Crippen MR) is 92.1 cm³/mol. The van der Waals surface area contributed by atoms with Crippen molar-refractivity contribution < 1.29 is 19.0 Å². The molecule has 5 heteroatoms. The van der Waals surface area contributed by atoms with E-state index in [0.29, 0.717) is 24.0 Å². The Kier molecular flexibility index (Phi) is 3.00. The molecule has 1 aromatic carbocycles. The molecule has 0 saturated heterocycles. The van der Waals surface area contributed by atoms with Gasteiger partial charge in [-0.2, -0.15) is 0 Å². The van der Waals surface area contributed by atoms with Gasteiger partial charge in [0.1, 0.15) is 0 Å². The largest absolute Gasteiger partial charge is 0.493 e. The summed E-state index contributed by atoms with van der Waals surface area (Å²) in [6, 6.07) is 2.52. The zero-order chi connectivity index (χ0) is 17.4. The van der Waals surface area contributed by atoms with Gasteiger partial charge >= 0.3 is 0 Å². The van der Waals surface area contributed by atoms with Gasteiger partial charge in [-0.05, 0) is 49.6 Å². The van der Waals surface area contributed by atoms with E-state index >= 15 is 0 Å². The lowest BCUT2D eigenvalue weighted by atomic mass is 9.59. The fraction of sp³-hybridized carbons (Fsp3) is 0.550. The number of hydrogen-bond donors (Lipinski definition) is 0. The van der Waals surface area contributed by atoms with E-state index in [0.717, 1.165) is 25.8 Å². The van der Waals surface area contributed by atoms with Gasteiger partial charge < -0.3 is 14.2 Å². The summed E-state index contributed by atoms with van der Waals surface area (Å²) in [6.45, 7) is 1.06. The summed E-state index contributed by atoms with van der Waals surface area (Å²) in [6.07, 6.45) is 7.40. The van der Waals surface area contributed by atoms with Gasteiger partial charge in [-0.1, -0.05) is 6.08 Å². The van der Waals surface area contributed by atoms with Gasteiger partial charge in [0, 0.05) is 37.1 Å². The second-order valence-corrected chi connectivity index (χ2v) is 7.73. The van der Waals surface area contributed by atoms with E-state index in [1.54, 1.807) is 20.3 Å². The zero-order valence-electron chi connectivity index (χ0n) is 14.9. The smallest absolute Gasteiger partial charge is 0.275 e. The summed E-state index contributed by atoms with van der Waals surface area (Å²) in [5, 5.41) is 0. The lowest BCUT2D eigenvalue weighted by Gasteiger charge is -2.54. The van der Waals surface area contributed by atoms with Crippen molar-refractivity contribution in [2.45, 2.75) is 42.9 Å². The number of ketones is 1. The standard InChI is InChI=1S/C20H23NO4/c1-21-9-6-12-10-14(23-2)18-17-16(12)13(21)4-7-19(17)8-5-15(22)20(11-19,24-3)25-18/h5,8,10,13H,4,6-7,9,11H2,1-3H3/t13-,19-,20-/m1/s1. The molecule has 0 saturated carbocycles. The van der Waals surface area contributed by atoms with Crippen LogP contribution in [0.4, 0.5) is 0 Å². The molecule has 1 aromatic rings. The Bertz CT molecular complexity index is 816. The number of ether oxygens (including phenoxy) is 3. The van der Waals surface area contributed by atoms with Crippen molar-refractivity contribution in [3.63, 3.8) is 0 Å². The van der Waals surface area contributed by atoms with Crippen LogP contribution in [0.5, 0.6) is 11.5 Å². The van der Waals surface area contributed by atoms with Gasteiger partial charge in [0.15, 0.2) is 11.5 Å². The molecule has 2 aliphatic carbocycles. The van der Waals surface area contributed by atoms with Gasteiger partial charge in [0.05, 0.1) is 7.11 Å². The third-order valence-electron chi connectivity index (χ3n) is 6.63. The van der Waals surface area contributed by atoms with Crippen molar-refractivity contribution in [1.29, 1.82) is 0 Å². The minimum Gasteiger partial charge on any atom is -0.493 e. The fourth-order valence-corrected chi connectivity index (χ4v) is 5.33. The number of methoxy groups -OCH3 is 2. The maximum absolute atomic E-state index is 12.6. The quantitative estimate of drug-likeness (QED) is 0.827. The zero-order valence-corrected chi connectivity index (χ0v) is 14.9. The molecular weight excluding hydrogens is 318 g/mol. The Morgan fingerprint density at radius 2 is 2.20 bits per heavy atom. The fourth-order valence-electron chi connectivity index (χ4n) is 5.33. The van der Waals surface area contributed by atoms with E-state index in [-0.39, 0.29) is 11.2 Å². The van der Waals surface area contributed by atoms with Crippen LogP contribution in [0, 0.1) is 0 Å². The van der Waals surface area contributed by atoms with Crippen molar-refractivity contribution in [2.24, 2.45) is 0 Å². The molecule has 3 atom stereocenters. The van der Waals surface area contributed by atoms with Crippen LogP contribution in [0.3, 0.4) is 0 Å². The molecule has 0 unspecified atom stereocenters. The average Bonchev–Trinajstić information content (AvgIpc) is 2.64. The van der Waals surface area contributed by atoms with Gasteiger partial charge in [0.25, 0.3) is 5.79 Å². The minimum absolute atomic E-state index is 0.120. The topological polar surface area (TPSA) is 48.0 Å². The van der Waals surface area contributed by atoms with Crippen molar-refractivity contribution in [1.82, 2.24) is 4.90 Å². The summed E-state index contributed by atoms with van der Waals surface area (Å²) in [4.78, 5) is 15.0. The molecule has 0 fully saturated rings. The van der Waals surface area contributed by atoms with Crippen LogP contribution >= 0.6 is 0 Å². The van der Waals surface area contributed by atoms with Crippen LogP contribution in [0.1, 0.15) is 42.0 Å². The molecule has 2 aliphatic heterocycles. The van der Waals surface area contributed by atoms with E-state index in [1.165, 1.54) is 16.7 Å². The molecule has 2 heterocycles. The first-order chi connectivity index (χ1) is 12.0. The van der Waals surface area contributed by atoms with E-state index in [4.69, 9.17) is 14.2 Å². The van der Waals surface area contributed by atoms with E-state index in [9.17, 15) is 4.79 Å². The Morgan fingerprint density at radius 3 is 2.96 bits per heavy atom. The Labute approximate surface area is 147 Å². The van der Waals surface area contributed by atoms with Crippen LogP contribution in [-0.4, -0.2) is 44.3 Å². The van der Waals surface area contributed by atoms with E-state index in [1.807, 2.05) is 0 Å². The maximum Gasteiger partial charge on any atom is 0.275 e. The first-order valence-electron chi connectivity index (χ1n) is 8.96. The summed E-state index contributed by atoms with van der Waals surface area (Å²) in [5.74, 6) is 0.0707. The van der Waals surface area contributed by atoms with Crippen LogP contribution < -0.4 is 9.47 Å². The highest BCUT2D eigenvalue weighted by Gasteiger charge is 2.59. The molecular formula is C20H23NO4. The normalized spacial score (nSPS) is 35.2. The average molecular weight is 341 g/mol. The monoisotopic (exact) mass is 341 g/mol. The Hall–Kier alpha value is -1.85. The highest BCUT2D eigenvalue weighted by Crippen LogP contribution is 2.61. The second-order valence-electron chi connectivity index (χ2n) is 7.73. The molecule has 0 N–H and O–H groups in total. The molecule has 0 aromatic heterocycles. The van der Waals surface area contributed by atoms with Crippen molar-refractivity contribution in [3.8, 4) is 11.5 Å². The first-order valence-corrected chi connectivity index (χ1v) is 8.96. The molecule has 5 nitrogen and oxygen atoms in total. The van der Waals surface area contributed by atoms with Crippen molar-refractivity contribution in [2.75, 3.05) is 27.8 Å². The third kappa shape index (κ3) is 1.78. The number of hydrogen-bond acceptors (Lipinski definition) is 5. The number of nitrogens with zero attached hydrogens (tertiary/aromatic N) is 1. The molecule has 4 aliphatic rings.